The zero-order valence-electron chi connectivity index (χ0n) is 13.1. The number of nitrogens with one attached hydrogen (secondary N) is 1. The highest BCUT2D eigenvalue weighted by Gasteiger charge is 2.29. The molecule has 0 spiro atoms. The van der Waals surface area contributed by atoms with Crippen LogP contribution in [0.15, 0.2) is 27.2 Å². The van der Waals surface area contributed by atoms with E-state index >= 15 is 0 Å². The molecule has 0 atom stereocenters. The number of hydrogen-bond donors (Lipinski definition) is 2. The minimum atomic E-state index is -0.0919. The van der Waals surface area contributed by atoms with Gasteiger partial charge in [0.1, 0.15) is 6.07 Å². The van der Waals surface area contributed by atoms with Crippen molar-refractivity contribution in [2.75, 3.05) is 31.1 Å². The molecule has 1 aliphatic heterocycles. The van der Waals surface area contributed by atoms with Gasteiger partial charge in [-0.25, -0.2) is 0 Å². The summed E-state index contributed by atoms with van der Waals surface area (Å²) in [5.74, 6) is 1.02. The minimum Gasteiger partial charge on any atom is -0.459 e. The zero-order valence-corrected chi connectivity index (χ0v) is 13.1. The second-order valence-electron chi connectivity index (χ2n) is 5.54. The molecule has 1 fully saturated rings. The summed E-state index contributed by atoms with van der Waals surface area (Å²) in [6.45, 7) is 1.40. The van der Waals surface area contributed by atoms with Gasteiger partial charge >= 0.3 is 0 Å². The van der Waals surface area contributed by atoms with Crippen LogP contribution in [0.4, 0.5) is 5.88 Å². The molecule has 2 N–H and O–H groups in total. The van der Waals surface area contributed by atoms with Crippen molar-refractivity contribution in [3.8, 4) is 17.7 Å². The molecular weight excluding hydrogens is 312 g/mol. The van der Waals surface area contributed by atoms with Crippen LogP contribution >= 0.6 is 0 Å². The molecule has 0 saturated carbocycles. The number of oxazole rings is 1. The van der Waals surface area contributed by atoms with Crippen molar-refractivity contribution >= 4 is 11.8 Å². The smallest absolute Gasteiger partial charge is 0.266 e. The molecule has 24 heavy (non-hydrogen) atoms. The van der Waals surface area contributed by atoms with Gasteiger partial charge in [0, 0.05) is 25.6 Å². The number of aliphatic hydroxyl groups excluding tert-OH is 1. The fourth-order valence-electron chi connectivity index (χ4n) is 2.77. The van der Waals surface area contributed by atoms with Crippen LogP contribution in [-0.4, -0.2) is 42.2 Å². The first-order valence-corrected chi connectivity index (χ1v) is 7.81. The molecule has 8 nitrogen and oxygen atoms in total. The molecule has 3 rings (SSSR count). The first-order chi connectivity index (χ1) is 11.7. The Morgan fingerprint density at radius 1 is 1.50 bits per heavy atom. The number of aliphatic hydroxyl groups is 1. The lowest BCUT2D eigenvalue weighted by molar-refractivity contribution is -0.125. The third-order valence-electron chi connectivity index (χ3n) is 4.01. The molecule has 0 radical (unpaired) electrons. The minimum absolute atomic E-state index is 0.0435. The highest BCUT2D eigenvalue weighted by atomic mass is 16.4. The molecular formula is C16H18N4O4. The quantitative estimate of drug-likeness (QED) is 0.844. The fraction of sp³-hybridized carbons (Fsp3) is 0.438. The molecule has 1 amide bonds. The molecule has 2 aromatic rings. The molecule has 8 heteroatoms. The predicted octanol–water partition coefficient (Wildman–Crippen LogP) is 1.13. The Morgan fingerprint density at radius 2 is 2.29 bits per heavy atom. The van der Waals surface area contributed by atoms with Crippen LogP contribution in [-0.2, 0) is 4.79 Å². The SMILES string of the molecule is N#Cc1nc(-c2ccco2)oc1N1CCC(C(=O)NCCO)CC1. The maximum atomic E-state index is 11.9. The Hall–Kier alpha value is -2.79. The maximum Gasteiger partial charge on any atom is 0.266 e. The lowest BCUT2D eigenvalue weighted by atomic mass is 9.96. The Balaban J connectivity index is 1.68. The Kier molecular flexibility index (Phi) is 4.82. The van der Waals surface area contributed by atoms with Gasteiger partial charge in [-0.05, 0) is 25.0 Å². The van der Waals surface area contributed by atoms with E-state index in [1.807, 2.05) is 11.0 Å². The van der Waals surface area contributed by atoms with Gasteiger partial charge in [-0.1, -0.05) is 0 Å². The molecule has 1 saturated heterocycles. The number of rotatable bonds is 5. The number of anilines is 1. The van der Waals surface area contributed by atoms with Crippen LogP contribution < -0.4 is 10.2 Å². The van der Waals surface area contributed by atoms with Crippen molar-refractivity contribution in [1.29, 1.82) is 5.26 Å². The third kappa shape index (κ3) is 3.26. The monoisotopic (exact) mass is 330 g/mol. The summed E-state index contributed by atoms with van der Waals surface area (Å²) in [5, 5.41) is 20.7. The van der Waals surface area contributed by atoms with E-state index in [0.29, 0.717) is 37.6 Å². The number of nitrogens with zero attached hydrogens (tertiary/aromatic N) is 3. The van der Waals surface area contributed by atoms with Crippen molar-refractivity contribution < 1.29 is 18.7 Å². The van der Waals surface area contributed by atoms with Crippen LogP contribution in [0.25, 0.3) is 11.7 Å². The molecule has 2 aromatic heterocycles. The normalized spacial score (nSPS) is 15.2. The largest absolute Gasteiger partial charge is 0.459 e. The van der Waals surface area contributed by atoms with Crippen LogP contribution in [0.1, 0.15) is 18.5 Å². The second-order valence-corrected chi connectivity index (χ2v) is 5.54. The number of nitriles is 1. The summed E-state index contributed by atoms with van der Waals surface area (Å²) in [7, 11) is 0. The first-order valence-electron chi connectivity index (χ1n) is 7.81. The summed E-state index contributed by atoms with van der Waals surface area (Å²) in [4.78, 5) is 18.0. The van der Waals surface area contributed by atoms with Crippen molar-refractivity contribution in [3.05, 3.63) is 24.1 Å². The number of amides is 1. The van der Waals surface area contributed by atoms with Crippen LogP contribution in [0.5, 0.6) is 0 Å². The molecule has 0 bridgehead atoms. The number of carbonyl (C=O) groups excluding carboxylic acids is 1. The summed E-state index contributed by atoms with van der Waals surface area (Å²) < 4.78 is 11.0. The Morgan fingerprint density at radius 3 is 2.92 bits per heavy atom. The van der Waals surface area contributed by atoms with Gasteiger partial charge in [0.15, 0.2) is 5.76 Å². The lowest BCUT2D eigenvalue weighted by Gasteiger charge is -2.30. The van der Waals surface area contributed by atoms with Crippen LogP contribution in [0, 0.1) is 17.2 Å². The average Bonchev–Trinajstić information content (AvgIpc) is 3.28. The number of piperidine rings is 1. The van der Waals surface area contributed by atoms with E-state index in [0.717, 1.165) is 0 Å². The fourth-order valence-corrected chi connectivity index (χ4v) is 2.77. The van der Waals surface area contributed by atoms with Gasteiger partial charge < -0.3 is 24.2 Å². The van der Waals surface area contributed by atoms with E-state index < -0.39 is 0 Å². The number of carbonyl (C=O) groups is 1. The Labute approximate surface area is 138 Å². The molecule has 0 unspecified atom stereocenters. The van der Waals surface area contributed by atoms with Gasteiger partial charge in [-0.3, -0.25) is 4.79 Å². The topological polar surface area (TPSA) is 116 Å². The highest BCUT2D eigenvalue weighted by molar-refractivity contribution is 5.79. The lowest BCUT2D eigenvalue weighted by Crippen LogP contribution is -2.41. The Bertz CT molecular complexity index is 724. The van der Waals surface area contributed by atoms with Gasteiger partial charge in [0.25, 0.3) is 5.89 Å². The predicted molar refractivity (Wildman–Crippen MR) is 84.0 cm³/mol. The van der Waals surface area contributed by atoms with E-state index in [4.69, 9.17) is 13.9 Å². The number of aromatic nitrogens is 1. The van der Waals surface area contributed by atoms with E-state index in [1.54, 1.807) is 12.1 Å². The molecule has 126 valence electrons. The van der Waals surface area contributed by atoms with E-state index in [1.165, 1.54) is 6.26 Å². The summed E-state index contributed by atoms with van der Waals surface area (Å²) in [6.07, 6.45) is 2.82. The van der Waals surface area contributed by atoms with E-state index in [9.17, 15) is 10.1 Å². The first kappa shape index (κ1) is 16.1. The summed E-state index contributed by atoms with van der Waals surface area (Å²) >= 11 is 0. The van der Waals surface area contributed by atoms with Gasteiger partial charge in [0.2, 0.25) is 17.5 Å². The van der Waals surface area contributed by atoms with Crippen molar-refractivity contribution in [3.63, 3.8) is 0 Å². The summed E-state index contributed by atoms with van der Waals surface area (Å²) in [6, 6.07) is 5.48. The van der Waals surface area contributed by atoms with Gasteiger partial charge in [-0.2, -0.15) is 10.2 Å². The maximum absolute atomic E-state index is 11.9. The molecule has 1 aliphatic rings. The number of hydrogen-bond acceptors (Lipinski definition) is 7. The highest BCUT2D eigenvalue weighted by Crippen LogP contribution is 2.31. The van der Waals surface area contributed by atoms with Crippen LogP contribution in [0.2, 0.25) is 0 Å². The van der Waals surface area contributed by atoms with E-state index in [-0.39, 0.29) is 36.6 Å². The van der Waals surface area contributed by atoms with E-state index in [2.05, 4.69) is 10.3 Å². The van der Waals surface area contributed by atoms with Crippen molar-refractivity contribution in [1.82, 2.24) is 10.3 Å². The van der Waals surface area contributed by atoms with Crippen molar-refractivity contribution in [2.24, 2.45) is 5.92 Å². The average molecular weight is 330 g/mol. The molecule has 0 aromatic carbocycles. The van der Waals surface area contributed by atoms with Gasteiger partial charge in [0.05, 0.1) is 12.9 Å². The van der Waals surface area contributed by atoms with Crippen LogP contribution in [0.3, 0.4) is 0 Å². The third-order valence-corrected chi connectivity index (χ3v) is 4.01. The van der Waals surface area contributed by atoms with Gasteiger partial charge in [-0.15, -0.1) is 0 Å². The second kappa shape index (κ2) is 7.19. The molecule has 3 heterocycles. The summed E-state index contributed by atoms with van der Waals surface area (Å²) in [5.41, 5.74) is 0.213. The zero-order chi connectivity index (χ0) is 16.9. The molecule has 0 aliphatic carbocycles. The standard InChI is InChI=1S/C16H18N4O4/c17-10-12-16(24-15(19-12)13-2-1-9-23-13)20-6-3-11(4-7-20)14(22)18-5-8-21/h1-2,9,11,21H,3-8H2,(H,18,22). The number of furan rings is 1. The van der Waals surface area contributed by atoms with Crippen molar-refractivity contribution in [2.45, 2.75) is 12.8 Å².